The average Bonchev–Trinajstić information content (AvgIpc) is 2.75. The molecule has 0 amide bonds. The number of carbonyl (C=O) groups excluding carboxylic acids is 1. The minimum atomic E-state index is -0.358. The molecule has 150 valence electrons. The van der Waals surface area contributed by atoms with E-state index in [1.807, 2.05) is 60.7 Å². The summed E-state index contributed by atoms with van der Waals surface area (Å²) in [6, 6.07) is 19.8. The van der Waals surface area contributed by atoms with Crippen molar-refractivity contribution in [3.05, 3.63) is 71.8 Å². The molecule has 2 aromatic carbocycles. The van der Waals surface area contributed by atoms with E-state index in [4.69, 9.17) is 9.47 Å². The van der Waals surface area contributed by atoms with Gasteiger partial charge in [0.25, 0.3) is 0 Å². The summed E-state index contributed by atoms with van der Waals surface area (Å²) in [7, 11) is 0. The van der Waals surface area contributed by atoms with Crippen LogP contribution in [0.25, 0.3) is 0 Å². The van der Waals surface area contributed by atoms with Crippen LogP contribution >= 0.6 is 0 Å². The molecule has 0 aliphatic carbocycles. The number of rotatable bonds is 10. The number of hydrogen-bond acceptors (Lipinski definition) is 4. The first kappa shape index (κ1) is 20.6. The normalized spacial score (nSPS) is 14.9. The van der Waals surface area contributed by atoms with Crippen molar-refractivity contribution < 1.29 is 14.3 Å². The van der Waals surface area contributed by atoms with Crippen molar-refractivity contribution in [1.29, 1.82) is 0 Å². The van der Waals surface area contributed by atoms with Gasteiger partial charge < -0.3 is 9.47 Å². The van der Waals surface area contributed by atoms with Gasteiger partial charge in [-0.1, -0.05) is 73.5 Å². The van der Waals surface area contributed by atoms with Gasteiger partial charge in [0.1, 0.15) is 5.92 Å². The van der Waals surface area contributed by atoms with Gasteiger partial charge in [0.15, 0.2) is 0 Å². The Bertz CT molecular complexity index is 644. The Hall–Kier alpha value is -2.17. The Labute approximate surface area is 168 Å². The number of hydrogen-bond donors (Lipinski definition) is 0. The third kappa shape index (κ3) is 6.47. The Morgan fingerprint density at radius 2 is 1.43 bits per heavy atom. The Balaban J connectivity index is 1.40. The summed E-state index contributed by atoms with van der Waals surface area (Å²) in [6.07, 6.45) is 4.39. The van der Waals surface area contributed by atoms with Crippen molar-refractivity contribution in [2.24, 2.45) is 0 Å². The second kappa shape index (κ2) is 11.6. The van der Waals surface area contributed by atoms with Gasteiger partial charge in [-0.25, -0.2) is 0 Å². The zero-order valence-corrected chi connectivity index (χ0v) is 16.6. The molecule has 2 aromatic rings. The van der Waals surface area contributed by atoms with Gasteiger partial charge in [-0.3, -0.25) is 9.69 Å². The first-order valence-electron chi connectivity index (χ1n) is 10.4. The smallest absolute Gasteiger partial charge is 0.317 e. The summed E-state index contributed by atoms with van der Waals surface area (Å²) in [6.45, 7) is 5.47. The third-order valence-corrected chi connectivity index (χ3v) is 5.22. The number of benzene rings is 2. The number of morpholine rings is 1. The molecule has 1 aliphatic rings. The van der Waals surface area contributed by atoms with E-state index in [2.05, 4.69) is 4.90 Å². The van der Waals surface area contributed by atoms with E-state index >= 15 is 0 Å². The summed E-state index contributed by atoms with van der Waals surface area (Å²) >= 11 is 0. The molecular weight excluding hydrogens is 350 g/mol. The van der Waals surface area contributed by atoms with Crippen molar-refractivity contribution in [3.8, 4) is 0 Å². The molecule has 1 fully saturated rings. The average molecular weight is 382 g/mol. The quantitative estimate of drug-likeness (QED) is 0.455. The lowest BCUT2D eigenvalue weighted by molar-refractivity contribution is -0.144. The molecule has 1 heterocycles. The highest BCUT2D eigenvalue weighted by Gasteiger charge is 2.23. The molecule has 0 saturated carbocycles. The highest BCUT2D eigenvalue weighted by atomic mass is 16.5. The number of carbonyl (C=O) groups is 1. The molecule has 4 heteroatoms. The van der Waals surface area contributed by atoms with Gasteiger partial charge in [0.05, 0.1) is 19.8 Å². The zero-order chi connectivity index (χ0) is 19.4. The van der Waals surface area contributed by atoms with E-state index < -0.39 is 0 Å². The maximum absolute atomic E-state index is 12.8. The van der Waals surface area contributed by atoms with Crippen LogP contribution in [0.15, 0.2) is 60.7 Å². The van der Waals surface area contributed by atoms with Crippen LogP contribution in [0.5, 0.6) is 0 Å². The summed E-state index contributed by atoms with van der Waals surface area (Å²) in [4.78, 5) is 15.3. The Morgan fingerprint density at radius 1 is 0.857 bits per heavy atom. The van der Waals surface area contributed by atoms with Gasteiger partial charge in [-0.2, -0.15) is 0 Å². The molecule has 0 unspecified atom stereocenters. The fourth-order valence-corrected chi connectivity index (χ4v) is 3.63. The lowest BCUT2D eigenvalue weighted by atomic mass is 9.91. The highest BCUT2D eigenvalue weighted by Crippen LogP contribution is 2.26. The number of unbranched alkanes of at least 4 members (excludes halogenated alkanes) is 3. The second-order valence-corrected chi connectivity index (χ2v) is 7.29. The molecule has 0 N–H and O–H groups in total. The van der Waals surface area contributed by atoms with E-state index in [0.717, 1.165) is 56.8 Å². The van der Waals surface area contributed by atoms with Crippen LogP contribution in [0.3, 0.4) is 0 Å². The van der Waals surface area contributed by atoms with E-state index in [9.17, 15) is 4.79 Å². The third-order valence-electron chi connectivity index (χ3n) is 5.22. The molecular formula is C24H31NO3. The van der Waals surface area contributed by atoms with Crippen molar-refractivity contribution in [2.45, 2.75) is 31.6 Å². The SMILES string of the molecule is O=C(OCCCCCCN1CCOCC1)C(c1ccccc1)c1ccccc1. The minimum absolute atomic E-state index is 0.161. The summed E-state index contributed by atoms with van der Waals surface area (Å²) in [5, 5.41) is 0. The van der Waals surface area contributed by atoms with Crippen LogP contribution in [0.2, 0.25) is 0 Å². The van der Waals surface area contributed by atoms with Crippen LogP contribution in [0, 0.1) is 0 Å². The number of ether oxygens (including phenoxy) is 2. The monoisotopic (exact) mass is 381 g/mol. The Kier molecular flexibility index (Phi) is 8.54. The van der Waals surface area contributed by atoms with E-state index in [-0.39, 0.29) is 11.9 Å². The molecule has 0 spiro atoms. The van der Waals surface area contributed by atoms with Crippen molar-refractivity contribution in [3.63, 3.8) is 0 Å². The van der Waals surface area contributed by atoms with Gasteiger partial charge in [0, 0.05) is 13.1 Å². The summed E-state index contributed by atoms with van der Waals surface area (Å²) in [5.74, 6) is -0.519. The molecule has 0 radical (unpaired) electrons. The maximum atomic E-state index is 12.8. The maximum Gasteiger partial charge on any atom is 0.317 e. The standard InChI is InChI=1S/C24H31NO3/c26-24(28-18-10-2-1-9-15-25-16-19-27-20-17-25)23(21-11-5-3-6-12-21)22-13-7-4-8-14-22/h3-8,11-14,23H,1-2,9-10,15-20H2. The first-order valence-corrected chi connectivity index (χ1v) is 10.4. The topological polar surface area (TPSA) is 38.8 Å². The van der Waals surface area contributed by atoms with Crippen molar-refractivity contribution in [1.82, 2.24) is 4.90 Å². The van der Waals surface area contributed by atoms with E-state index in [1.165, 1.54) is 12.8 Å². The number of nitrogens with zero attached hydrogens (tertiary/aromatic N) is 1. The molecule has 28 heavy (non-hydrogen) atoms. The Morgan fingerprint density at radius 3 is 2.04 bits per heavy atom. The van der Waals surface area contributed by atoms with Crippen LogP contribution in [-0.2, 0) is 14.3 Å². The van der Waals surface area contributed by atoms with Gasteiger partial charge in [-0.15, -0.1) is 0 Å². The lowest BCUT2D eigenvalue weighted by Gasteiger charge is -2.26. The highest BCUT2D eigenvalue weighted by molar-refractivity contribution is 5.82. The van der Waals surface area contributed by atoms with Crippen molar-refractivity contribution in [2.75, 3.05) is 39.5 Å². The lowest BCUT2D eigenvalue weighted by Crippen LogP contribution is -2.36. The molecule has 0 bridgehead atoms. The minimum Gasteiger partial charge on any atom is -0.465 e. The van der Waals surface area contributed by atoms with Crippen LogP contribution in [0.4, 0.5) is 0 Å². The fourth-order valence-electron chi connectivity index (χ4n) is 3.63. The fraction of sp³-hybridized carbons (Fsp3) is 0.458. The zero-order valence-electron chi connectivity index (χ0n) is 16.6. The summed E-state index contributed by atoms with van der Waals surface area (Å²) < 4.78 is 11.0. The number of esters is 1. The van der Waals surface area contributed by atoms with Crippen molar-refractivity contribution >= 4 is 5.97 Å². The molecule has 3 rings (SSSR count). The van der Waals surface area contributed by atoms with Crippen LogP contribution in [-0.4, -0.2) is 50.3 Å². The molecule has 1 saturated heterocycles. The summed E-state index contributed by atoms with van der Waals surface area (Å²) in [5.41, 5.74) is 1.95. The van der Waals surface area contributed by atoms with Gasteiger partial charge >= 0.3 is 5.97 Å². The van der Waals surface area contributed by atoms with E-state index in [0.29, 0.717) is 6.61 Å². The van der Waals surface area contributed by atoms with Crippen LogP contribution < -0.4 is 0 Å². The first-order chi connectivity index (χ1) is 13.8. The molecule has 4 nitrogen and oxygen atoms in total. The molecule has 0 atom stereocenters. The predicted molar refractivity (Wildman–Crippen MR) is 111 cm³/mol. The second-order valence-electron chi connectivity index (χ2n) is 7.29. The predicted octanol–water partition coefficient (Wildman–Crippen LogP) is 4.25. The largest absolute Gasteiger partial charge is 0.465 e. The van der Waals surface area contributed by atoms with Crippen LogP contribution in [0.1, 0.15) is 42.7 Å². The van der Waals surface area contributed by atoms with Gasteiger partial charge in [0.2, 0.25) is 0 Å². The van der Waals surface area contributed by atoms with E-state index in [1.54, 1.807) is 0 Å². The van der Waals surface area contributed by atoms with Gasteiger partial charge in [-0.05, 0) is 30.5 Å². The molecule has 0 aromatic heterocycles. The molecule has 1 aliphatic heterocycles.